The fourth-order valence-corrected chi connectivity index (χ4v) is 5.59. The first-order valence-electron chi connectivity index (χ1n) is 8.55. The first-order valence-corrected chi connectivity index (χ1v) is 9.43. The second-order valence-corrected chi connectivity index (χ2v) is 7.91. The third kappa shape index (κ3) is 2.56. The molecule has 0 saturated carbocycles. The van der Waals surface area contributed by atoms with Crippen LogP contribution in [0.1, 0.15) is 34.9 Å². The number of amides is 1. The lowest BCUT2D eigenvalue weighted by Crippen LogP contribution is -2.41. The van der Waals surface area contributed by atoms with Crippen molar-refractivity contribution in [2.45, 2.75) is 30.6 Å². The zero-order valence-corrected chi connectivity index (χ0v) is 15.4. The number of hydrogen-bond donors (Lipinski definition) is 2. The molecule has 0 bridgehead atoms. The summed E-state index contributed by atoms with van der Waals surface area (Å²) in [6.45, 7) is 1.63. The molecule has 1 aliphatic heterocycles. The zero-order chi connectivity index (χ0) is 19.3. The number of thioether (sulfide) groups is 1. The Morgan fingerprint density at radius 3 is 2.63 bits per heavy atom. The minimum atomic E-state index is -1.18. The van der Waals surface area contributed by atoms with E-state index in [-0.39, 0.29) is 5.82 Å². The minimum absolute atomic E-state index is 0.367. The standard InChI is InChI=1S/C20H18F2N2O2S/c1-11-14(3-2-4-15(11)22)20(19(23)25)10-9-16-17(20)27-18(24(16)26)12-5-7-13(21)8-6-12/h2-8,18,26H,9-10H2,1H3,(H2,23,25)/t18-,20+/m0/s1. The third-order valence-electron chi connectivity index (χ3n) is 5.42. The monoisotopic (exact) mass is 388 g/mol. The molecule has 1 amide bonds. The van der Waals surface area contributed by atoms with Crippen molar-refractivity contribution in [3.63, 3.8) is 0 Å². The Morgan fingerprint density at radius 2 is 1.96 bits per heavy atom. The van der Waals surface area contributed by atoms with Crippen molar-refractivity contribution in [1.29, 1.82) is 0 Å². The van der Waals surface area contributed by atoms with E-state index in [4.69, 9.17) is 5.73 Å². The third-order valence-corrected chi connectivity index (χ3v) is 6.93. The molecule has 140 valence electrons. The average Bonchev–Trinajstić information content (AvgIpc) is 3.17. The number of carbonyl (C=O) groups excluding carboxylic acids is 1. The van der Waals surface area contributed by atoms with Crippen molar-refractivity contribution in [2.75, 3.05) is 0 Å². The summed E-state index contributed by atoms with van der Waals surface area (Å²) >= 11 is 1.30. The topological polar surface area (TPSA) is 66.6 Å². The number of halogens is 2. The van der Waals surface area contributed by atoms with Gasteiger partial charge in [-0.25, -0.2) is 13.8 Å². The van der Waals surface area contributed by atoms with Crippen LogP contribution in [0.25, 0.3) is 0 Å². The summed E-state index contributed by atoms with van der Waals surface area (Å²) in [5, 5.41) is 11.3. The van der Waals surface area contributed by atoms with Crippen molar-refractivity contribution in [3.8, 4) is 0 Å². The second-order valence-electron chi connectivity index (χ2n) is 6.82. The van der Waals surface area contributed by atoms with Gasteiger partial charge >= 0.3 is 0 Å². The summed E-state index contributed by atoms with van der Waals surface area (Å²) in [6.07, 6.45) is 0.812. The molecule has 27 heavy (non-hydrogen) atoms. The lowest BCUT2D eigenvalue weighted by atomic mass is 9.77. The van der Waals surface area contributed by atoms with Gasteiger partial charge in [0.25, 0.3) is 0 Å². The van der Waals surface area contributed by atoms with Crippen LogP contribution in [0.2, 0.25) is 0 Å². The van der Waals surface area contributed by atoms with Gasteiger partial charge in [-0.1, -0.05) is 36.0 Å². The fraction of sp³-hybridized carbons (Fsp3) is 0.250. The van der Waals surface area contributed by atoms with Gasteiger partial charge in [-0.2, -0.15) is 0 Å². The van der Waals surface area contributed by atoms with Gasteiger partial charge in [0.05, 0.1) is 5.70 Å². The van der Waals surface area contributed by atoms with E-state index in [9.17, 15) is 18.8 Å². The predicted octanol–water partition coefficient (Wildman–Crippen LogP) is 4.14. The Hall–Kier alpha value is -2.38. The molecule has 0 radical (unpaired) electrons. The largest absolute Gasteiger partial charge is 0.369 e. The van der Waals surface area contributed by atoms with Gasteiger partial charge in [0, 0.05) is 4.91 Å². The van der Waals surface area contributed by atoms with E-state index in [1.165, 1.54) is 30.0 Å². The van der Waals surface area contributed by atoms with E-state index in [0.29, 0.717) is 40.1 Å². The van der Waals surface area contributed by atoms with Gasteiger partial charge < -0.3 is 5.73 Å². The Kier molecular flexibility index (Phi) is 4.24. The molecule has 2 aromatic carbocycles. The molecule has 1 heterocycles. The zero-order valence-electron chi connectivity index (χ0n) is 14.6. The van der Waals surface area contributed by atoms with Gasteiger partial charge in [-0.3, -0.25) is 10.0 Å². The van der Waals surface area contributed by atoms with Crippen LogP contribution in [-0.4, -0.2) is 16.2 Å². The Labute approximate surface area is 159 Å². The van der Waals surface area contributed by atoms with Crippen molar-refractivity contribution in [3.05, 3.63) is 81.4 Å². The number of primary amides is 1. The smallest absolute Gasteiger partial charge is 0.233 e. The molecule has 4 nitrogen and oxygen atoms in total. The van der Waals surface area contributed by atoms with Crippen LogP contribution in [-0.2, 0) is 10.2 Å². The SMILES string of the molecule is Cc1c(F)cccc1[C@]1(C(N)=O)CCC2=C1S[C@@H](c1ccc(F)cc1)N2O. The van der Waals surface area contributed by atoms with E-state index < -0.39 is 22.5 Å². The molecule has 7 heteroatoms. The highest BCUT2D eigenvalue weighted by molar-refractivity contribution is 8.03. The summed E-state index contributed by atoms with van der Waals surface area (Å²) in [6, 6.07) is 10.5. The highest BCUT2D eigenvalue weighted by Crippen LogP contribution is 2.60. The molecule has 3 N–H and O–H groups in total. The maximum absolute atomic E-state index is 14.2. The second kappa shape index (κ2) is 6.35. The van der Waals surface area contributed by atoms with Crippen LogP contribution in [0, 0.1) is 18.6 Å². The van der Waals surface area contributed by atoms with Gasteiger partial charge in [0.15, 0.2) is 0 Å². The van der Waals surface area contributed by atoms with E-state index >= 15 is 0 Å². The number of hydrogen-bond acceptors (Lipinski definition) is 4. The normalized spacial score (nSPS) is 24.4. The fourth-order valence-electron chi connectivity index (χ4n) is 4.00. The first kappa shape index (κ1) is 18.0. The first-order chi connectivity index (χ1) is 12.9. The molecule has 2 atom stereocenters. The van der Waals surface area contributed by atoms with Gasteiger partial charge in [0.1, 0.15) is 22.4 Å². The summed E-state index contributed by atoms with van der Waals surface area (Å²) < 4.78 is 27.4. The highest BCUT2D eigenvalue weighted by atomic mass is 32.2. The van der Waals surface area contributed by atoms with Gasteiger partial charge in [-0.15, -0.1) is 0 Å². The maximum Gasteiger partial charge on any atom is 0.233 e. The number of nitrogens with two attached hydrogens (primary N) is 1. The summed E-state index contributed by atoms with van der Waals surface area (Å²) in [5.41, 5.74) is 6.87. The van der Waals surface area contributed by atoms with E-state index in [0.717, 1.165) is 5.06 Å². The summed E-state index contributed by atoms with van der Waals surface area (Å²) in [7, 11) is 0. The van der Waals surface area contributed by atoms with Crippen LogP contribution in [0.15, 0.2) is 53.1 Å². The molecule has 0 unspecified atom stereocenters. The van der Waals surface area contributed by atoms with E-state index in [1.807, 2.05) is 0 Å². The predicted molar refractivity (Wildman–Crippen MR) is 98.6 cm³/mol. The van der Waals surface area contributed by atoms with Crippen molar-refractivity contribution >= 4 is 17.7 Å². The van der Waals surface area contributed by atoms with Crippen LogP contribution in [0.5, 0.6) is 0 Å². The van der Waals surface area contributed by atoms with E-state index in [2.05, 4.69) is 0 Å². The van der Waals surface area contributed by atoms with Gasteiger partial charge in [-0.05, 0) is 54.7 Å². The van der Waals surface area contributed by atoms with Gasteiger partial charge in [0.2, 0.25) is 5.91 Å². The summed E-state index contributed by atoms with van der Waals surface area (Å²) in [4.78, 5) is 13.3. The molecule has 0 spiro atoms. The maximum atomic E-state index is 14.2. The highest BCUT2D eigenvalue weighted by Gasteiger charge is 2.54. The molecule has 4 rings (SSSR count). The quantitative estimate of drug-likeness (QED) is 0.829. The Balaban J connectivity index is 1.81. The van der Waals surface area contributed by atoms with Crippen molar-refractivity contribution in [1.82, 2.24) is 5.06 Å². The number of rotatable bonds is 3. The molecule has 0 saturated heterocycles. The lowest BCUT2D eigenvalue weighted by Gasteiger charge is -2.31. The number of hydroxylamine groups is 2. The lowest BCUT2D eigenvalue weighted by molar-refractivity contribution is -0.122. The Morgan fingerprint density at radius 1 is 1.26 bits per heavy atom. The van der Waals surface area contributed by atoms with Crippen LogP contribution in [0.4, 0.5) is 8.78 Å². The van der Waals surface area contributed by atoms with Crippen LogP contribution < -0.4 is 5.73 Å². The number of nitrogens with zero attached hydrogens (tertiary/aromatic N) is 1. The minimum Gasteiger partial charge on any atom is -0.369 e. The molecule has 2 aromatic rings. The molecular weight excluding hydrogens is 370 g/mol. The molecule has 0 aromatic heterocycles. The number of carbonyl (C=O) groups is 1. The summed E-state index contributed by atoms with van der Waals surface area (Å²) in [5.74, 6) is -1.34. The van der Waals surface area contributed by atoms with Crippen molar-refractivity contribution < 1.29 is 18.8 Å². The number of benzene rings is 2. The molecule has 1 aliphatic carbocycles. The Bertz CT molecular complexity index is 961. The molecule has 0 fully saturated rings. The van der Waals surface area contributed by atoms with E-state index in [1.54, 1.807) is 31.2 Å². The van der Waals surface area contributed by atoms with Crippen molar-refractivity contribution in [2.24, 2.45) is 5.73 Å². The van der Waals surface area contributed by atoms with Crippen LogP contribution >= 0.6 is 11.8 Å². The molecule has 2 aliphatic rings. The number of allylic oxidation sites excluding steroid dienone is 1. The molecular formula is C20H18F2N2O2S. The average molecular weight is 388 g/mol. The van der Waals surface area contributed by atoms with Crippen LogP contribution in [0.3, 0.4) is 0 Å².